The van der Waals surface area contributed by atoms with Crippen LogP contribution in [-0.2, 0) is 11.3 Å². The molecule has 0 amide bonds. The summed E-state index contributed by atoms with van der Waals surface area (Å²) >= 11 is 0. The third-order valence-electron chi connectivity index (χ3n) is 5.29. The highest BCUT2D eigenvalue weighted by molar-refractivity contribution is 5.71. The largest absolute Gasteiger partial charge is 0.508 e. The van der Waals surface area contributed by atoms with E-state index in [4.69, 9.17) is 0 Å². The van der Waals surface area contributed by atoms with Crippen LogP contribution in [0.3, 0.4) is 0 Å². The molecule has 1 aliphatic carbocycles. The number of phenolic OH excluding ortho intramolecular Hbond substituents is 1. The third-order valence-corrected chi connectivity index (χ3v) is 5.29. The van der Waals surface area contributed by atoms with E-state index in [0.29, 0.717) is 18.7 Å². The molecule has 1 aromatic carbocycles. The number of carboxylic acid groups (broad SMARTS) is 1. The Morgan fingerprint density at radius 2 is 2.00 bits per heavy atom. The Morgan fingerprint density at radius 1 is 1.33 bits per heavy atom. The van der Waals surface area contributed by atoms with Gasteiger partial charge in [0.15, 0.2) is 0 Å². The van der Waals surface area contributed by atoms with E-state index >= 15 is 0 Å². The van der Waals surface area contributed by atoms with Crippen LogP contribution >= 0.6 is 0 Å². The third kappa shape index (κ3) is 3.21. The van der Waals surface area contributed by atoms with Gasteiger partial charge in [0.1, 0.15) is 5.75 Å². The average molecular weight is 291 g/mol. The monoisotopic (exact) mass is 291 g/mol. The molecule has 0 radical (unpaired) electrons. The van der Waals surface area contributed by atoms with E-state index in [1.165, 1.54) is 0 Å². The number of nitrogens with one attached hydrogen (secondary N) is 1. The van der Waals surface area contributed by atoms with Crippen LogP contribution < -0.4 is 5.32 Å². The summed E-state index contributed by atoms with van der Waals surface area (Å²) in [5.41, 5.74) is 0.642. The molecule has 3 unspecified atom stereocenters. The number of hydrogen-bond donors (Lipinski definition) is 3. The molecule has 21 heavy (non-hydrogen) atoms. The molecule has 1 saturated carbocycles. The highest BCUT2D eigenvalue weighted by Crippen LogP contribution is 2.45. The summed E-state index contributed by atoms with van der Waals surface area (Å²) in [7, 11) is 0. The normalized spacial score (nSPS) is 28.2. The van der Waals surface area contributed by atoms with Crippen LogP contribution in [0.4, 0.5) is 0 Å². The zero-order valence-electron chi connectivity index (χ0n) is 13.0. The van der Waals surface area contributed by atoms with Crippen LogP contribution in [-0.4, -0.2) is 22.2 Å². The number of rotatable bonds is 4. The molecule has 1 aromatic rings. The predicted octanol–water partition coefficient (Wildman–Crippen LogP) is 3.01. The summed E-state index contributed by atoms with van der Waals surface area (Å²) in [5, 5.41) is 22.7. The number of aliphatic carboxylic acids is 1. The minimum atomic E-state index is -0.689. The molecule has 4 heteroatoms. The van der Waals surface area contributed by atoms with Crippen molar-refractivity contribution in [2.75, 3.05) is 0 Å². The fraction of sp³-hybridized carbons (Fsp3) is 0.588. The van der Waals surface area contributed by atoms with Gasteiger partial charge >= 0.3 is 5.97 Å². The molecule has 1 aliphatic rings. The lowest BCUT2D eigenvalue weighted by Gasteiger charge is -2.46. The molecule has 4 nitrogen and oxygen atoms in total. The van der Waals surface area contributed by atoms with Gasteiger partial charge in [-0.15, -0.1) is 0 Å². The molecule has 0 aromatic heterocycles. The molecule has 1 fully saturated rings. The maximum atomic E-state index is 11.4. The summed E-state index contributed by atoms with van der Waals surface area (Å²) in [5.74, 6) is -0.406. The molecular weight excluding hydrogens is 266 g/mol. The SMILES string of the molecule is CC1C(NCc2ccccc2O)CCC(C(=O)O)C1(C)C. The van der Waals surface area contributed by atoms with Gasteiger partial charge < -0.3 is 15.5 Å². The van der Waals surface area contributed by atoms with Gasteiger partial charge in [-0.3, -0.25) is 4.79 Å². The number of carbonyl (C=O) groups is 1. The molecule has 0 bridgehead atoms. The second kappa shape index (κ2) is 6.06. The van der Waals surface area contributed by atoms with Crippen molar-refractivity contribution in [2.45, 2.75) is 46.2 Å². The van der Waals surface area contributed by atoms with Crippen LogP contribution in [0.1, 0.15) is 39.2 Å². The van der Waals surface area contributed by atoms with Gasteiger partial charge in [-0.05, 0) is 30.2 Å². The average Bonchev–Trinajstić information content (AvgIpc) is 2.41. The van der Waals surface area contributed by atoms with E-state index < -0.39 is 5.97 Å². The summed E-state index contributed by atoms with van der Waals surface area (Å²) in [6.07, 6.45) is 1.56. The van der Waals surface area contributed by atoms with Crippen LogP contribution in [0, 0.1) is 17.3 Å². The number of hydrogen-bond acceptors (Lipinski definition) is 3. The lowest BCUT2D eigenvalue weighted by molar-refractivity contribution is -0.150. The Bertz CT molecular complexity index is 513. The summed E-state index contributed by atoms with van der Waals surface area (Å²) < 4.78 is 0. The van der Waals surface area contributed by atoms with E-state index in [0.717, 1.165) is 12.0 Å². The smallest absolute Gasteiger partial charge is 0.307 e. The fourth-order valence-corrected chi connectivity index (χ4v) is 3.43. The Kier molecular flexibility index (Phi) is 4.57. The quantitative estimate of drug-likeness (QED) is 0.797. The van der Waals surface area contributed by atoms with Crippen molar-refractivity contribution in [1.82, 2.24) is 5.32 Å². The molecule has 0 aliphatic heterocycles. The molecule has 2 rings (SSSR count). The number of carboxylic acids is 1. The van der Waals surface area contributed by atoms with Gasteiger partial charge in [-0.25, -0.2) is 0 Å². The van der Waals surface area contributed by atoms with Crippen molar-refractivity contribution < 1.29 is 15.0 Å². The lowest BCUT2D eigenvalue weighted by Crippen LogP contribution is -2.50. The van der Waals surface area contributed by atoms with Crippen LogP contribution in [0.25, 0.3) is 0 Å². The highest BCUT2D eigenvalue weighted by Gasteiger charge is 2.45. The van der Waals surface area contributed by atoms with E-state index in [2.05, 4.69) is 12.2 Å². The molecule has 0 spiro atoms. The maximum Gasteiger partial charge on any atom is 0.307 e. The number of benzene rings is 1. The molecule has 116 valence electrons. The minimum absolute atomic E-state index is 0.236. The van der Waals surface area contributed by atoms with Crippen molar-refractivity contribution in [3.05, 3.63) is 29.8 Å². The highest BCUT2D eigenvalue weighted by atomic mass is 16.4. The van der Waals surface area contributed by atoms with Crippen LogP contribution in [0.5, 0.6) is 5.75 Å². The van der Waals surface area contributed by atoms with Gasteiger partial charge in [-0.2, -0.15) is 0 Å². The second-order valence-electron chi connectivity index (χ2n) is 6.69. The second-order valence-corrected chi connectivity index (χ2v) is 6.69. The standard InChI is InChI=1S/C17H25NO3/c1-11-14(9-8-13(16(20)21)17(11,2)3)18-10-12-6-4-5-7-15(12)19/h4-7,11,13-14,18-19H,8-10H2,1-3H3,(H,20,21). The molecule has 0 heterocycles. The zero-order valence-corrected chi connectivity index (χ0v) is 13.0. The Morgan fingerprint density at radius 3 is 2.62 bits per heavy atom. The van der Waals surface area contributed by atoms with Crippen molar-refractivity contribution in [2.24, 2.45) is 17.3 Å². The summed E-state index contributed by atoms with van der Waals surface area (Å²) in [6.45, 7) is 6.82. The predicted molar refractivity (Wildman–Crippen MR) is 82.0 cm³/mol. The Balaban J connectivity index is 2.03. The first-order valence-corrected chi connectivity index (χ1v) is 7.57. The van der Waals surface area contributed by atoms with E-state index in [9.17, 15) is 15.0 Å². The zero-order chi connectivity index (χ0) is 15.6. The summed E-state index contributed by atoms with van der Waals surface area (Å²) in [6, 6.07) is 7.58. The number of phenols is 1. The van der Waals surface area contributed by atoms with Crippen molar-refractivity contribution in [1.29, 1.82) is 0 Å². The first-order chi connectivity index (χ1) is 9.84. The van der Waals surface area contributed by atoms with Gasteiger partial charge in [-0.1, -0.05) is 39.0 Å². The molecule has 3 atom stereocenters. The van der Waals surface area contributed by atoms with E-state index in [1.807, 2.05) is 32.0 Å². The van der Waals surface area contributed by atoms with Gasteiger partial charge in [0, 0.05) is 18.2 Å². The maximum absolute atomic E-state index is 11.4. The minimum Gasteiger partial charge on any atom is -0.508 e. The van der Waals surface area contributed by atoms with Crippen molar-refractivity contribution in [3.63, 3.8) is 0 Å². The van der Waals surface area contributed by atoms with Crippen molar-refractivity contribution >= 4 is 5.97 Å². The molecule has 3 N–H and O–H groups in total. The van der Waals surface area contributed by atoms with Crippen LogP contribution in [0.15, 0.2) is 24.3 Å². The van der Waals surface area contributed by atoms with Crippen LogP contribution in [0.2, 0.25) is 0 Å². The Hall–Kier alpha value is -1.55. The van der Waals surface area contributed by atoms with Gasteiger partial charge in [0.05, 0.1) is 5.92 Å². The molecule has 0 saturated heterocycles. The first kappa shape index (κ1) is 15.8. The number of aromatic hydroxyl groups is 1. The van der Waals surface area contributed by atoms with E-state index in [-0.39, 0.29) is 23.3 Å². The Labute approximate surface area is 126 Å². The summed E-state index contributed by atoms with van der Waals surface area (Å²) in [4.78, 5) is 11.4. The van der Waals surface area contributed by atoms with E-state index in [1.54, 1.807) is 6.07 Å². The lowest BCUT2D eigenvalue weighted by atomic mass is 9.61. The van der Waals surface area contributed by atoms with Crippen molar-refractivity contribution in [3.8, 4) is 5.75 Å². The fourth-order valence-electron chi connectivity index (χ4n) is 3.43. The van der Waals surface area contributed by atoms with Gasteiger partial charge in [0.2, 0.25) is 0 Å². The van der Waals surface area contributed by atoms with Gasteiger partial charge in [0.25, 0.3) is 0 Å². The topological polar surface area (TPSA) is 69.6 Å². The number of para-hydroxylation sites is 1. The first-order valence-electron chi connectivity index (χ1n) is 7.57. The molecular formula is C17H25NO3.